The standard InChI is InChI=1S/C14H18ClNO/c15-12-8-11(14(16)6-1-7-14)4-5-13(12)17-9-10-2-3-10/h4-5,8,10H,1-3,6-7,9,16H2. The van der Waals surface area contributed by atoms with E-state index in [1.54, 1.807) is 0 Å². The molecule has 17 heavy (non-hydrogen) atoms. The molecule has 2 N–H and O–H groups in total. The van der Waals surface area contributed by atoms with Crippen molar-refractivity contribution in [1.82, 2.24) is 0 Å². The normalized spacial score (nSPS) is 22.0. The van der Waals surface area contributed by atoms with Gasteiger partial charge in [0.25, 0.3) is 0 Å². The summed E-state index contributed by atoms with van der Waals surface area (Å²) in [6.07, 6.45) is 5.93. The highest BCUT2D eigenvalue weighted by atomic mass is 35.5. The van der Waals surface area contributed by atoms with Gasteiger partial charge >= 0.3 is 0 Å². The Morgan fingerprint density at radius 3 is 2.65 bits per heavy atom. The summed E-state index contributed by atoms with van der Waals surface area (Å²) in [6.45, 7) is 0.798. The SMILES string of the molecule is NC1(c2ccc(OCC3CC3)c(Cl)c2)CCC1. The van der Waals surface area contributed by atoms with E-state index in [-0.39, 0.29) is 5.54 Å². The Bertz CT molecular complexity index is 424. The van der Waals surface area contributed by atoms with Gasteiger partial charge in [-0.25, -0.2) is 0 Å². The predicted octanol–water partition coefficient (Wildman–Crippen LogP) is 3.47. The molecule has 92 valence electrons. The van der Waals surface area contributed by atoms with Crippen LogP contribution in [0.5, 0.6) is 5.75 Å². The molecule has 0 aliphatic heterocycles. The van der Waals surface area contributed by atoms with Gasteiger partial charge in [-0.05, 0) is 55.7 Å². The summed E-state index contributed by atoms with van der Waals surface area (Å²) in [6, 6.07) is 6.00. The second kappa shape index (κ2) is 4.18. The molecule has 0 atom stereocenters. The van der Waals surface area contributed by atoms with Crippen molar-refractivity contribution in [3.8, 4) is 5.75 Å². The highest BCUT2D eigenvalue weighted by molar-refractivity contribution is 6.32. The molecule has 0 spiro atoms. The van der Waals surface area contributed by atoms with Gasteiger partial charge < -0.3 is 10.5 Å². The lowest BCUT2D eigenvalue weighted by atomic mass is 9.73. The lowest BCUT2D eigenvalue weighted by Crippen LogP contribution is -2.43. The summed E-state index contributed by atoms with van der Waals surface area (Å²) in [5, 5.41) is 0.694. The van der Waals surface area contributed by atoms with E-state index in [4.69, 9.17) is 22.1 Å². The molecular formula is C14H18ClNO. The molecule has 2 aliphatic rings. The third-order valence-electron chi connectivity index (χ3n) is 3.92. The van der Waals surface area contributed by atoms with Crippen LogP contribution in [-0.4, -0.2) is 6.61 Å². The lowest BCUT2D eigenvalue weighted by molar-refractivity contribution is 0.253. The molecule has 2 aliphatic carbocycles. The smallest absolute Gasteiger partial charge is 0.137 e. The molecule has 0 radical (unpaired) electrons. The maximum atomic E-state index is 6.28. The molecule has 2 nitrogen and oxygen atoms in total. The maximum absolute atomic E-state index is 6.28. The van der Waals surface area contributed by atoms with Crippen LogP contribution in [-0.2, 0) is 5.54 Å². The first-order chi connectivity index (χ1) is 8.17. The topological polar surface area (TPSA) is 35.2 Å². The van der Waals surface area contributed by atoms with Crippen molar-refractivity contribution >= 4 is 11.6 Å². The molecular weight excluding hydrogens is 234 g/mol. The Labute approximate surface area is 107 Å². The van der Waals surface area contributed by atoms with Crippen molar-refractivity contribution in [2.75, 3.05) is 6.61 Å². The van der Waals surface area contributed by atoms with Crippen LogP contribution < -0.4 is 10.5 Å². The molecule has 0 heterocycles. The van der Waals surface area contributed by atoms with E-state index in [1.165, 1.54) is 19.3 Å². The van der Waals surface area contributed by atoms with E-state index < -0.39 is 0 Å². The number of hydrogen-bond acceptors (Lipinski definition) is 2. The van der Waals surface area contributed by atoms with E-state index in [9.17, 15) is 0 Å². The van der Waals surface area contributed by atoms with Gasteiger partial charge in [0, 0.05) is 5.54 Å². The number of nitrogens with two attached hydrogens (primary N) is 1. The second-order valence-corrected chi connectivity index (χ2v) is 5.82. The fraction of sp³-hybridized carbons (Fsp3) is 0.571. The summed E-state index contributed by atoms with van der Waals surface area (Å²) in [5.74, 6) is 1.54. The summed E-state index contributed by atoms with van der Waals surface area (Å²) in [5.41, 5.74) is 7.28. The zero-order valence-corrected chi connectivity index (χ0v) is 10.7. The third-order valence-corrected chi connectivity index (χ3v) is 4.22. The first-order valence-corrected chi connectivity index (χ1v) is 6.77. The number of hydrogen-bond donors (Lipinski definition) is 1. The number of benzene rings is 1. The molecule has 0 amide bonds. The van der Waals surface area contributed by atoms with Gasteiger partial charge in [0.2, 0.25) is 0 Å². The molecule has 1 aromatic rings. The lowest BCUT2D eigenvalue weighted by Gasteiger charge is -2.38. The van der Waals surface area contributed by atoms with Crippen LogP contribution in [0.1, 0.15) is 37.7 Å². The maximum Gasteiger partial charge on any atom is 0.137 e. The fourth-order valence-electron chi connectivity index (χ4n) is 2.27. The zero-order valence-electron chi connectivity index (χ0n) is 9.92. The Kier molecular flexibility index (Phi) is 2.80. The predicted molar refractivity (Wildman–Crippen MR) is 69.4 cm³/mol. The van der Waals surface area contributed by atoms with E-state index in [1.807, 2.05) is 12.1 Å². The Morgan fingerprint density at radius 1 is 1.35 bits per heavy atom. The van der Waals surface area contributed by atoms with Crippen molar-refractivity contribution in [3.05, 3.63) is 28.8 Å². The van der Waals surface area contributed by atoms with Gasteiger partial charge in [0.1, 0.15) is 5.75 Å². The molecule has 2 saturated carbocycles. The van der Waals surface area contributed by atoms with Crippen LogP contribution in [0, 0.1) is 5.92 Å². The van der Waals surface area contributed by atoms with Crippen LogP contribution in [0.2, 0.25) is 5.02 Å². The molecule has 0 aromatic heterocycles. The minimum Gasteiger partial charge on any atom is -0.492 e. The van der Waals surface area contributed by atoms with Crippen molar-refractivity contribution in [3.63, 3.8) is 0 Å². The van der Waals surface area contributed by atoms with Gasteiger partial charge in [-0.1, -0.05) is 17.7 Å². The zero-order chi connectivity index (χ0) is 11.9. The molecule has 0 saturated heterocycles. The molecule has 3 heteroatoms. The van der Waals surface area contributed by atoms with Crippen LogP contribution in [0.4, 0.5) is 0 Å². The summed E-state index contributed by atoms with van der Waals surface area (Å²) >= 11 is 6.24. The molecule has 3 rings (SSSR count). The Morgan fingerprint density at radius 2 is 2.12 bits per heavy atom. The van der Waals surface area contributed by atoms with Crippen molar-refractivity contribution < 1.29 is 4.74 Å². The van der Waals surface area contributed by atoms with Crippen LogP contribution in [0.25, 0.3) is 0 Å². The fourth-order valence-corrected chi connectivity index (χ4v) is 2.50. The monoisotopic (exact) mass is 251 g/mol. The van der Waals surface area contributed by atoms with Gasteiger partial charge in [-0.2, -0.15) is 0 Å². The highest BCUT2D eigenvalue weighted by Crippen LogP contribution is 2.41. The number of rotatable bonds is 4. The third kappa shape index (κ3) is 2.29. The second-order valence-electron chi connectivity index (χ2n) is 5.41. The van der Waals surface area contributed by atoms with Crippen molar-refractivity contribution in [2.24, 2.45) is 11.7 Å². The minimum atomic E-state index is -0.140. The quantitative estimate of drug-likeness (QED) is 0.889. The molecule has 0 bridgehead atoms. The highest BCUT2D eigenvalue weighted by Gasteiger charge is 2.34. The van der Waals surface area contributed by atoms with Crippen LogP contribution >= 0.6 is 11.6 Å². The largest absolute Gasteiger partial charge is 0.492 e. The number of halogens is 1. The van der Waals surface area contributed by atoms with Gasteiger partial charge in [0.05, 0.1) is 11.6 Å². The Hall–Kier alpha value is -0.730. The Balaban J connectivity index is 1.73. The summed E-state index contributed by atoms with van der Waals surface area (Å²) in [4.78, 5) is 0. The molecule has 2 fully saturated rings. The first-order valence-electron chi connectivity index (χ1n) is 6.39. The van der Waals surface area contributed by atoms with Gasteiger partial charge in [-0.3, -0.25) is 0 Å². The van der Waals surface area contributed by atoms with Gasteiger partial charge in [0.15, 0.2) is 0 Å². The van der Waals surface area contributed by atoms with Crippen LogP contribution in [0.15, 0.2) is 18.2 Å². The average Bonchev–Trinajstić information content (AvgIpc) is 3.08. The van der Waals surface area contributed by atoms with Gasteiger partial charge in [-0.15, -0.1) is 0 Å². The number of ether oxygens (including phenoxy) is 1. The van der Waals surface area contributed by atoms with Crippen molar-refractivity contribution in [1.29, 1.82) is 0 Å². The van der Waals surface area contributed by atoms with E-state index in [0.29, 0.717) is 5.02 Å². The van der Waals surface area contributed by atoms with E-state index in [0.717, 1.165) is 36.7 Å². The first kappa shape index (κ1) is 11.4. The van der Waals surface area contributed by atoms with Crippen molar-refractivity contribution in [2.45, 2.75) is 37.6 Å². The van der Waals surface area contributed by atoms with E-state index >= 15 is 0 Å². The molecule has 0 unspecified atom stereocenters. The molecule has 1 aromatic carbocycles. The average molecular weight is 252 g/mol. The van der Waals surface area contributed by atoms with Crippen LogP contribution in [0.3, 0.4) is 0 Å². The summed E-state index contributed by atoms with van der Waals surface area (Å²) < 4.78 is 5.71. The summed E-state index contributed by atoms with van der Waals surface area (Å²) in [7, 11) is 0. The minimum absolute atomic E-state index is 0.140. The van der Waals surface area contributed by atoms with E-state index in [2.05, 4.69) is 6.07 Å².